The van der Waals surface area contributed by atoms with Gasteiger partial charge in [0, 0.05) is 25.6 Å². The van der Waals surface area contributed by atoms with Crippen molar-refractivity contribution < 1.29 is 18.7 Å². The number of unbranched alkanes of at least 4 members (excludes halogenated alkanes) is 6. The monoisotopic (exact) mass is 434 g/mol. The molecule has 1 fully saturated rings. The minimum atomic E-state index is -0.0477. The summed E-state index contributed by atoms with van der Waals surface area (Å²) in [6.07, 6.45) is 12.4. The minimum Gasteiger partial charge on any atom is -0.467 e. The first-order valence-electron chi connectivity index (χ1n) is 12.2. The average Bonchev–Trinajstić information content (AvgIpc) is 3.44. The van der Waals surface area contributed by atoms with Crippen molar-refractivity contribution in [1.82, 2.24) is 9.80 Å². The fraction of sp³-hybridized carbons (Fsp3) is 0.760. The summed E-state index contributed by atoms with van der Waals surface area (Å²) in [5.74, 6) is 0.775. The lowest BCUT2D eigenvalue weighted by molar-refractivity contribution is -0.143. The Bertz CT molecular complexity index is 623. The highest BCUT2D eigenvalue weighted by Gasteiger charge is 2.27. The third kappa shape index (κ3) is 9.46. The second kappa shape index (κ2) is 14.3. The van der Waals surface area contributed by atoms with Crippen LogP contribution in [0.25, 0.3) is 0 Å². The number of nitrogens with zero attached hydrogens (tertiary/aromatic N) is 2. The number of carbonyl (C=O) groups excluding carboxylic acids is 2. The van der Waals surface area contributed by atoms with Gasteiger partial charge in [0.1, 0.15) is 5.76 Å². The summed E-state index contributed by atoms with van der Waals surface area (Å²) in [7, 11) is 0. The maximum Gasteiger partial charge on any atom is 0.242 e. The summed E-state index contributed by atoms with van der Waals surface area (Å²) in [4.78, 5) is 29.5. The first-order valence-corrected chi connectivity index (χ1v) is 12.2. The van der Waals surface area contributed by atoms with Gasteiger partial charge in [0.2, 0.25) is 11.8 Å². The van der Waals surface area contributed by atoms with Gasteiger partial charge in [-0.25, -0.2) is 0 Å². The molecule has 176 valence electrons. The Kier molecular flexibility index (Phi) is 11.7. The number of hydrogen-bond donors (Lipinski definition) is 0. The van der Waals surface area contributed by atoms with Gasteiger partial charge in [-0.3, -0.25) is 9.59 Å². The van der Waals surface area contributed by atoms with E-state index in [0.717, 1.165) is 38.1 Å². The highest BCUT2D eigenvalue weighted by molar-refractivity contribution is 5.85. The van der Waals surface area contributed by atoms with E-state index in [2.05, 4.69) is 6.92 Å². The molecule has 6 heteroatoms. The zero-order chi connectivity index (χ0) is 22.5. The lowest BCUT2D eigenvalue weighted by Gasteiger charge is -2.31. The molecule has 1 aromatic rings. The van der Waals surface area contributed by atoms with E-state index < -0.39 is 0 Å². The Morgan fingerprint density at radius 2 is 1.84 bits per heavy atom. The first kappa shape index (κ1) is 25.4. The van der Waals surface area contributed by atoms with E-state index in [4.69, 9.17) is 9.15 Å². The highest BCUT2D eigenvalue weighted by Crippen LogP contribution is 2.17. The largest absolute Gasteiger partial charge is 0.467 e. The van der Waals surface area contributed by atoms with Crippen LogP contribution in [0.3, 0.4) is 0 Å². The van der Waals surface area contributed by atoms with Crippen LogP contribution in [-0.2, 0) is 20.9 Å². The molecule has 31 heavy (non-hydrogen) atoms. The van der Waals surface area contributed by atoms with E-state index in [9.17, 15) is 9.59 Å². The Balaban J connectivity index is 1.86. The maximum absolute atomic E-state index is 13.2. The SMILES string of the molecule is CCCCCCCCCC(=O)N(CC(=O)N(Cc1ccco1)C[C@H]1CCCO1)C(C)C. The number of ether oxygens (including phenoxy) is 1. The van der Waals surface area contributed by atoms with Crippen molar-refractivity contribution in [3.05, 3.63) is 24.2 Å². The summed E-state index contributed by atoms with van der Waals surface area (Å²) in [6, 6.07) is 3.70. The van der Waals surface area contributed by atoms with Crippen LogP contribution in [-0.4, -0.2) is 53.5 Å². The van der Waals surface area contributed by atoms with E-state index in [1.54, 1.807) is 16.1 Å². The number of rotatable bonds is 15. The van der Waals surface area contributed by atoms with Gasteiger partial charge in [-0.05, 0) is 45.2 Å². The molecule has 1 saturated heterocycles. The number of carbonyl (C=O) groups is 2. The Labute approximate surface area is 188 Å². The smallest absolute Gasteiger partial charge is 0.242 e. The van der Waals surface area contributed by atoms with Crippen LogP contribution in [0.15, 0.2) is 22.8 Å². The van der Waals surface area contributed by atoms with Crippen molar-refractivity contribution in [3.63, 3.8) is 0 Å². The molecule has 2 rings (SSSR count). The molecular weight excluding hydrogens is 392 g/mol. The van der Waals surface area contributed by atoms with Crippen molar-refractivity contribution in [3.8, 4) is 0 Å². The third-order valence-corrected chi connectivity index (χ3v) is 5.97. The lowest BCUT2D eigenvalue weighted by Crippen LogP contribution is -2.47. The zero-order valence-electron chi connectivity index (χ0n) is 19.8. The van der Waals surface area contributed by atoms with Crippen LogP contribution < -0.4 is 0 Å². The van der Waals surface area contributed by atoms with Gasteiger partial charge in [-0.2, -0.15) is 0 Å². The molecule has 6 nitrogen and oxygen atoms in total. The van der Waals surface area contributed by atoms with Gasteiger partial charge in [0.25, 0.3) is 0 Å². The van der Waals surface area contributed by atoms with Crippen LogP contribution in [0.1, 0.15) is 90.7 Å². The van der Waals surface area contributed by atoms with Crippen LogP contribution >= 0.6 is 0 Å². The van der Waals surface area contributed by atoms with Gasteiger partial charge in [-0.15, -0.1) is 0 Å². The Hall–Kier alpha value is -1.82. The molecule has 0 aliphatic carbocycles. The summed E-state index contributed by atoms with van der Waals surface area (Å²) in [5, 5.41) is 0. The topological polar surface area (TPSA) is 63.0 Å². The zero-order valence-corrected chi connectivity index (χ0v) is 19.8. The van der Waals surface area contributed by atoms with E-state index in [1.165, 1.54) is 32.1 Å². The van der Waals surface area contributed by atoms with Gasteiger partial charge < -0.3 is 19.0 Å². The minimum absolute atomic E-state index is 0.00537. The van der Waals surface area contributed by atoms with E-state index in [0.29, 0.717) is 19.5 Å². The van der Waals surface area contributed by atoms with Gasteiger partial charge in [0.15, 0.2) is 0 Å². The lowest BCUT2D eigenvalue weighted by atomic mass is 10.1. The summed E-state index contributed by atoms with van der Waals surface area (Å²) >= 11 is 0. The molecule has 0 unspecified atom stereocenters. The molecular formula is C25H42N2O4. The van der Waals surface area contributed by atoms with E-state index >= 15 is 0 Å². The molecule has 1 aromatic heterocycles. The summed E-state index contributed by atoms with van der Waals surface area (Å²) in [5.41, 5.74) is 0. The third-order valence-electron chi connectivity index (χ3n) is 5.97. The van der Waals surface area contributed by atoms with Crippen LogP contribution in [0, 0.1) is 0 Å². The molecule has 2 amide bonds. The fourth-order valence-electron chi connectivity index (χ4n) is 4.06. The predicted octanol–water partition coefficient (Wildman–Crippen LogP) is 5.16. The molecule has 1 aliphatic heterocycles. The molecule has 1 atom stereocenters. The van der Waals surface area contributed by atoms with Gasteiger partial charge in [-0.1, -0.05) is 45.4 Å². The molecule has 0 radical (unpaired) electrons. The standard InChI is InChI=1S/C25H42N2O4/c1-4-5-6-7-8-9-10-15-24(28)27(21(2)3)20-25(29)26(18-22-13-11-16-30-22)19-23-14-12-17-31-23/h11,13,16,21,23H,4-10,12,14-15,17-20H2,1-3H3/t23-/m1/s1. The molecule has 2 heterocycles. The molecule has 0 N–H and O–H groups in total. The Morgan fingerprint density at radius 3 is 2.45 bits per heavy atom. The van der Waals surface area contributed by atoms with E-state index in [-0.39, 0.29) is 30.5 Å². The van der Waals surface area contributed by atoms with Crippen molar-refractivity contribution in [2.45, 2.75) is 104 Å². The molecule has 0 saturated carbocycles. The molecule has 0 spiro atoms. The van der Waals surface area contributed by atoms with E-state index in [1.807, 2.05) is 26.0 Å². The van der Waals surface area contributed by atoms with Crippen LogP contribution in [0.5, 0.6) is 0 Å². The van der Waals surface area contributed by atoms with Gasteiger partial charge >= 0.3 is 0 Å². The summed E-state index contributed by atoms with van der Waals surface area (Å²) < 4.78 is 11.2. The fourth-order valence-corrected chi connectivity index (χ4v) is 4.06. The average molecular weight is 435 g/mol. The van der Waals surface area contributed by atoms with Crippen LogP contribution in [0.4, 0.5) is 0 Å². The Morgan fingerprint density at radius 1 is 1.10 bits per heavy atom. The van der Waals surface area contributed by atoms with Crippen molar-refractivity contribution in [2.75, 3.05) is 19.7 Å². The van der Waals surface area contributed by atoms with Crippen molar-refractivity contribution in [1.29, 1.82) is 0 Å². The molecule has 0 bridgehead atoms. The second-order valence-electron chi connectivity index (χ2n) is 8.98. The normalized spacial score (nSPS) is 16.1. The van der Waals surface area contributed by atoms with Crippen molar-refractivity contribution >= 4 is 11.8 Å². The van der Waals surface area contributed by atoms with Gasteiger partial charge in [0.05, 0.1) is 25.5 Å². The first-order chi connectivity index (χ1) is 15.0. The van der Waals surface area contributed by atoms with Crippen LogP contribution in [0.2, 0.25) is 0 Å². The van der Waals surface area contributed by atoms with Crippen molar-refractivity contribution in [2.24, 2.45) is 0 Å². The molecule has 0 aromatic carbocycles. The summed E-state index contributed by atoms with van der Waals surface area (Å²) in [6.45, 7) is 7.99. The number of hydrogen-bond acceptors (Lipinski definition) is 4. The number of amides is 2. The molecule has 1 aliphatic rings. The number of furan rings is 1. The highest BCUT2D eigenvalue weighted by atomic mass is 16.5. The quantitative estimate of drug-likeness (QED) is 0.358. The second-order valence-corrected chi connectivity index (χ2v) is 8.98. The predicted molar refractivity (Wildman–Crippen MR) is 123 cm³/mol. The maximum atomic E-state index is 13.2.